The Morgan fingerprint density at radius 2 is 2.42 bits per heavy atom. The average molecular weight is 169 g/mol. The lowest BCUT2D eigenvalue weighted by Gasteiger charge is -2.01. The highest BCUT2D eigenvalue weighted by Crippen LogP contribution is 1.92. The van der Waals surface area contributed by atoms with E-state index in [1.165, 1.54) is 5.56 Å². The molecule has 0 amide bonds. The van der Waals surface area contributed by atoms with Gasteiger partial charge in [-0.1, -0.05) is 0 Å². The van der Waals surface area contributed by atoms with E-state index in [1.54, 1.807) is 0 Å². The highest BCUT2D eigenvalue weighted by atomic mass is 16.3. The standard InChI is InChI=1S/C8H15N3O/c1-8-6-10-11(7-8)4-2-9-3-5-12/h6-7,9,12H,2-5H2,1H3. The van der Waals surface area contributed by atoms with E-state index in [4.69, 9.17) is 5.11 Å². The molecule has 1 rings (SSSR count). The Bertz CT molecular complexity index is 222. The second-order valence-corrected chi connectivity index (χ2v) is 2.75. The maximum atomic E-state index is 8.48. The molecule has 0 aliphatic heterocycles. The lowest BCUT2D eigenvalue weighted by molar-refractivity contribution is 0.291. The third kappa shape index (κ3) is 3.02. The van der Waals surface area contributed by atoms with E-state index >= 15 is 0 Å². The van der Waals surface area contributed by atoms with Gasteiger partial charge in [-0.3, -0.25) is 4.68 Å². The van der Waals surface area contributed by atoms with Gasteiger partial charge in [-0.15, -0.1) is 0 Å². The first-order chi connectivity index (χ1) is 5.83. The van der Waals surface area contributed by atoms with E-state index in [2.05, 4.69) is 10.4 Å². The van der Waals surface area contributed by atoms with Gasteiger partial charge in [0, 0.05) is 19.3 Å². The van der Waals surface area contributed by atoms with Crippen molar-refractivity contribution < 1.29 is 5.11 Å². The number of nitrogens with one attached hydrogen (secondary N) is 1. The zero-order valence-electron chi connectivity index (χ0n) is 7.32. The summed E-state index contributed by atoms with van der Waals surface area (Å²) in [6.45, 7) is 4.57. The molecular formula is C8H15N3O. The summed E-state index contributed by atoms with van der Waals surface area (Å²) < 4.78 is 1.89. The Balaban J connectivity index is 2.15. The van der Waals surface area contributed by atoms with Crippen molar-refractivity contribution in [3.05, 3.63) is 18.0 Å². The van der Waals surface area contributed by atoms with Crippen LogP contribution in [0.1, 0.15) is 5.56 Å². The summed E-state index contributed by atoms with van der Waals surface area (Å²) in [7, 11) is 0. The molecule has 0 unspecified atom stereocenters. The molecule has 1 aromatic rings. The van der Waals surface area contributed by atoms with E-state index < -0.39 is 0 Å². The first-order valence-electron chi connectivity index (χ1n) is 4.13. The molecule has 2 N–H and O–H groups in total. The van der Waals surface area contributed by atoms with Crippen molar-refractivity contribution >= 4 is 0 Å². The maximum absolute atomic E-state index is 8.48. The highest BCUT2D eigenvalue weighted by Gasteiger charge is 1.92. The fourth-order valence-electron chi connectivity index (χ4n) is 0.987. The van der Waals surface area contributed by atoms with Crippen molar-refractivity contribution in [3.63, 3.8) is 0 Å². The van der Waals surface area contributed by atoms with Crippen molar-refractivity contribution in [1.82, 2.24) is 15.1 Å². The molecule has 12 heavy (non-hydrogen) atoms. The number of aromatic nitrogens is 2. The summed E-state index contributed by atoms with van der Waals surface area (Å²) in [6.07, 6.45) is 3.84. The van der Waals surface area contributed by atoms with E-state index in [-0.39, 0.29) is 6.61 Å². The third-order valence-electron chi connectivity index (χ3n) is 1.57. The predicted molar refractivity (Wildman–Crippen MR) is 46.9 cm³/mol. The highest BCUT2D eigenvalue weighted by molar-refractivity contribution is 4.99. The van der Waals surface area contributed by atoms with E-state index in [1.807, 2.05) is 24.0 Å². The number of nitrogens with zero attached hydrogens (tertiary/aromatic N) is 2. The first kappa shape index (κ1) is 9.22. The average Bonchev–Trinajstić information content (AvgIpc) is 2.45. The molecule has 4 nitrogen and oxygen atoms in total. The molecule has 1 heterocycles. The Morgan fingerprint density at radius 3 is 3.00 bits per heavy atom. The minimum atomic E-state index is 0.193. The number of hydrogen-bond acceptors (Lipinski definition) is 3. The minimum Gasteiger partial charge on any atom is -0.395 e. The molecule has 68 valence electrons. The molecule has 0 fully saturated rings. The molecule has 0 bridgehead atoms. The SMILES string of the molecule is Cc1cnn(CCNCCO)c1. The van der Waals surface area contributed by atoms with Crippen LogP contribution in [0.2, 0.25) is 0 Å². The topological polar surface area (TPSA) is 50.1 Å². The molecule has 0 radical (unpaired) electrons. The van der Waals surface area contributed by atoms with Crippen molar-refractivity contribution in [3.8, 4) is 0 Å². The summed E-state index contributed by atoms with van der Waals surface area (Å²) >= 11 is 0. The van der Waals surface area contributed by atoms with Crippen LogP contribution in [-0.2, 0) is 6.54 Å². The van der Waals surface area contributed by atoms with Gasteiger partial charge in [-0.25, -0.2) is 0 Å². The van der Waals surface area contributed by atoms with Crippen molar-refractivity contribution in [1.29, 1.82) is 0 Å². The van der Waals surface area contributed by atoms with Gasteiger partial charge in [0.25, 0.3) is 0 Å². The van der Waals surface area contributed by atoms with Crippen molar-refractivity contribution in [2.75, 3.05) is 19.7 Å². The Hall–Kier alpha value is -0.870. The van der Waals surface area contributed by atoms with Gasteiger partial charge < -0.3 is 10.4 Å². The van der Waals surface area contributed by atoms with Gasteiger partial charge in [0.1, 0.15) is 0 Å². The molecule has 0 atom stereocenters. The Labute approximate surface area is 72.2 Å². The molecular weight excluding hydrogens is 154 g/mol. The summed E-state index contributed by atoms with van der Waals surface area (Å²) in [5, 5.41) is 15.7. The Morgan fingerprint density at radius 1 is 1.58 bits per heavy atom. The lowest BCUT2D eigenvalue weighted by atomic mass is 10.4. The number of aliphatic hydroxyl groups is 1. The maximum Gasteiger partial charge on any atom is 0.0555 e. The van der Waals surface area contributed by atoms with Crippen LogP contribution in [-0.4, -0.2) is 34.6 Å². The second kappa shape index (κ2) is 4.90. The van der Waals surface area contributed by atoms with Crippen LogP contribution in [0.15, 0.2) is 12.4 Å². The lowest BCUT2D eigenvalue weighted by Crippen LogP contribution is -2.23. The van der Waals surface area contributed by atoms with Crippen LogP contribution >= 0.6 is 0 Å². The van der Waals surface area contributed by atoms with Gasteiger partial charge in [-0.2, -0.15) is 5.10 Å². The molecule has 0 aromatic carbocycles. The van der Waals surface area contributed by atoms with Crippen LogP contribution in [0.3, 0.4) is 0 Å². The minimum absolute atomic E-state index is 0.193. The van der Waals surface area contributed by atoms with Gasteiger partial charge >= 0.3 is 0 Å². The number of hydrogen-bond donors (Lipinski definition) is 2. The van der Waals surface area contributed by atoms with E-state index in [0.717, 1.165) is 13.1 Å². The largest absolute Gasteiger partial charge is 0.395 e. The van der Waals surface area contributed by atoms with Crippen LogP contribution in [0.5, 0.6) is 0 Å². The van der Waals surface area contributed by atoms with Gasteiger partial charge in [0.2, 0.25) is 0 Å². The molecule has 4 heteroatoms. The van der Waals surface area contributed by atoms with E-state index in [0.29, 0.717) is 6.54 Å². The molecule has 0 aliphatic carbocycles. The molecule has 0 aliphatic rings. The van der Waals surface area contributed by atoms with Crippen LogP contribution in [0.25, 0.3) is 0 Å². The molecule has 0 saturated heterocycles. The predicted octanol–water partition coefficient (Wildman–Crippen LogP) is -0.227. The zero-order valence-corrected chi connectivity index (χ0v) is 7.32. The quantitative estimate of drug-likeness (QED) is 0.599. The smallest absolute Gasteiger partial charge is 0.0555 e. The van der Waals surface area contributed by atoms with Crippen LogP contribution in [0, 0.1) is 6.92 Å². The van der Waals surface area contributed by atoms with E-state index in [9.17, 15) is 0 Å². The molecule has 0 saturated carbocycles. The zero-order chi connectivity index (χ0) is 8.81. The van der Waals surface area contributed by atoms with Gasteiger partial charge in [-0.05, 0) is 12.5 Å². The van der Waals surface area contributed by atoms with Crippen LogP contribution < -0.4 is 5.32 Å². The fourth-order valence-corrected chi connectivity index (χ4v) is 0.987. The first-order valence-corrected chi connectivity index (χ1v) is 4.13. The fraction of sp³-hybridized carbons (Fsp3) is 0.625. The normalized spacial score (nSPS) is 10.5. The van der Waals surface area contributed by atoms with Crippen molar-refractivity contribution in [2.45, 2.75) is 13.5 Å². The van der Waals surface area contributed by atoms with Gasteiger partial charge in [0.05, 0.1) is 19.3 Å². The number of rotatable bonds is 5. The summed E-state index contributed by atoms with van der Waals surface area (Å²) in [5.41, 5.74) is 1.18. The molecule has 1 aromatic heterocycles. The number of aryl methyl sites for hydroxylation is 1. The second-order valence-electron chi connectivity index (χ2n) is 2.75. The third-order valence-corrected chi connectivity index (χ3v) is 1.57. The molecule has 0 spiro atoms. The monoisotopic (exact) mass is 169 g/mol. The summed E-state index contributed by atoms with van der Waals surface area (Å²) in [5.74, 6) is 0. The summed E-state index contributed by atoms with van der Waals surface area (Å²) in [4.78, 5) is 0. The summed E-state index contributed by atoms with van der Waals surface area (Å²) in [6, 6.07) is 0. The number of aliphatic hydroxyl groups excluding tert-OH is 1. The Kier molecular flexibility index (Phi) is 3.76. The van der Waals surface area contributed by atoms with Gasteiger partial charge in [0.15, 0.2) is 0 Å². The van der Waals surface area contributed by atoms with Crippen LogP contribution in [0.4, 0.5) is 0 Å². The van der Waals surface area contributed by atoms with Crippen molar-refractivity contribution in [2.24, 2.45) is 0 Å².